The van der Waals surface area contributed by atoms with Crippen LogP contribution in [0, 0.1) is 0 Å². The van der Waals surface area contributed by atoms with Crippen molar-refractivity contribution in [2.75, 3.05) is 14.2 Å². The first-order valence-electron chi connectivity index (χ1n) is 3.94. The van der Waals surface area contributed by atoms with E-state index in [0.717, 1.165) is 12.5 Å². The molecule has 0 aliphatic rings. The van der Waals surface area contributed by atoms with Gasteiger partial charge in [0, 0.05) is 26.3 Å². The average molecular weight is 177 g/mol. The van der Waals surface area contributed by atoms with Crippen molar-refractivity contribution in [3.05, 3.63) is 0 Å². The summed E-state index contributed by atoms with van der Waals surface area (Å²) in [5.41, 5.74) is 5.78. The Bertz CT molecular complexity index is 107. The predicted molar refractivity (Wildman–Crippen MR) is 48.7 cm³/mol. The summed E-state index contributed by atoms with van der Waals surface area (Å²) in [5, 5.41) is 0. The minimum absolute atomic E-state index is 0.214. The first kappa shape index (κ1) is 11.1. The van der Waals surface area contributed by atoms with E-state index in [1.54, 1.807) is 14.2 Å². The van der Waals surface area contributed by atoms with Gasteiger partial charge in [-0.1, -0.05) is 6.92 Å². The zero-order valence-electron chi connectivity index (χ0n) is 7.89. The molecular formula is C7H19NO2Si. The molecule has 0 saturated heterocycles. The Morgan fingerprint density at radius 1 is 1.36 bits per heavy atom. The zero-order valence-corrected chi connectivity index (χ0v) is 8.89. The second-order valence-corrected chi connectivity index (χ2v) is 6.41. The molecule has 3 nitrogen and oxygen atoms in total. The highest BCUT2D eigenvalue weighted by atomic mass is 28.4. The van der Waals surface area contributed by atoms with E-state index in [0.29, 0.717) is 0 Å². The maximum atomic E-state index is 5.78. The molecule has 0 heterocycles. The quantitative estimate of drug-likeness (QED) is 0.639. The molecule has 0 aliphatic carbocycles. The van der Waals surface area contributed by atoms with Crippen molar-refractivity contribution in [3.63, 3.8) is 0 Å². The third-order valence-electron chi connectivity index (χ3n) is 2.02. The first-order chi connectivity index (χ1) is 5.08. The van der Waals surface area contributed by atoms with Gasteiger partial charge in [0.05, 0.1) is 0 Å². The smallest absolute Gasteiger partial charge is 0.335 e. The van der Waals surface area contributed by atoms with E-state index in [1.165, 1.54) is 0 Å². The molecule has 0 radical (unpaired) electrons. The maximum Gasteiger partial charge on any atom is 0.335 e. The second kappa shape index (κ2) is 4.87. The van der Waals surface area contributed by atoms with Gasteiger partial charge in [0.15, 0.2) is 0 Å². The van der Waals surface area contributed by atoms with E-state index in [9.17, 15) is 0 Å². The Morgan fingerprint density at radius 2 is 1.82 bits per heavy atom. The fraction of sp³-hybridized carbons (Fsp3) is 1.00. The van der Waals surface area contributed by atoms with Crippen molar-refractivity contribution >= 4 is 8.56 Å². The summed E-state index contributed by atoms with van der Waals surface area (Å²) in [4.78, 5) is 0. The van der Waals surface area contributed by atoms with Gasteiger partial charge in [0.25, 0.3) is 0 Å². The fourth-order valence-electron chi connectivity index (χ4n) is 0.871. The molecule has 0 saturated carbocycles. The number of nitrogens with two attached hydrogens (primary N) is 1. The molecule has 0 amide bonds. The standard InChI is InChI=1S/C7H19NO2Si/c1-5-7(8)6-11(4,9-2)10-3/h7H,5-6,8H2,1-4H3. The van der Waals surface area contributed by atoms with Crippen LogP contribution in [-0.2, 0) is 8.85 Å². The molecule has 68 valence electrons. The van der Waals surface area contributed by atoms with Crippen LogP contribution >= 0.6 is 0 Å². The summed E-state index contributed by atoms with van der Waals surface area (Å²) < 4.78 is 10.6. The molecule has 0 aromatic heterocycles. The Hall–Kier alpha value is 0.0969. The molecule has 0 aliphatic heterocycles. The molecule has 0 bridgehead atoms. The van der Waals surface area contributed by atoms with Crippen LogP contribution in [0.1, 0.15) is 13.3 Å². The molecule has 0 spiro atoms. The predicted octanol–water partition coefficient (Wildman–Crippen LogP) is 1.09. The SMILES string of the molecule is CCC(N)C[Si](C)(OC)OC. The van der Waals surface area contributed by atoms with Crippen molar-refractivity contribution in [3.8, 4) is 0 Å². The van der Waals surface area contributed by atoms with E-state index in [2.05, 4.69) is 6.92 Å². The van der Waals surface area contributed by atoms with Crippen molar-refractivity contribution in [2.45, 2.75) is 32.0 Å². The van der Waals surface area contributed by atoms with Crippen LogP contribution < -0.4 is 5.73 Å². The fourth-order valence-corrected chi connectivity index (χ4v) is 2.61. The van der Waals surface area contributed by atoms with Gasteiger partial charge in [-0.25, -0.2) is 0 Å². The first-order valence-corrected chi connectivity index (χ1v) is 6.46. The van der Waals surface area contributed by atoms with E-state index >= 15 is 0 Å². The molecule has 0 aromatic rings. The van der Waals surface area contributed by atoms with Crippen LogP contribution in [0.25, 0.3) is 0 Å². The molecule has 1 unspecified atom stereocenters. The normalized spacial score (nSPS) is 15.0. The summed E-state index contributed by atoms with van der Waals surface area (Å²) in [5.74, 6) is 0. The Labute approximate surface area is 70.1 Å². The van der Waals surface area contributed by atoms with Crippen LogP contribution in [0.2, 0.25) is 12.6 Å². The molecule has 4 heteroatoms. The summed E-state index contributed by atoms with van der Waals surface area (Å²) in [6.45, 7) is 4.10. The highest BCUT2D eigenvalue weighted by Crippen LogP contribution is 2.13. The lowest BCUT2D eigenvalue weighted by molar-refractivity contribution is 0.246. The van der Waals surface area contributed by atoms with Crippen molar-refractivity contribution in [1.29, 1.82) is 0 Å². The minimum atomic E-state index is -1.91. The van der Waals surface area contributed by atoms with E-state index < -0.39 is 8.56 Å². The van der Waals surface area contributed by atoms with Crippen molar-refractivity contribution < 1.29 is 8.85 Å². The Morgan fingerprint density at radius 3 is 2.09 bits per heavy atom. The largest absolute Gasteiger partial charge is 0.398 e. The van der Waals surface area contributed by atoms with Crippen molar-refractivity contribution in [2.24, 2.45) is 5.73 Å². The highest BCUT2D eigenvalue weighted by Gasteiger charge is 2.30. The van der Waals surface area contributed by atoms with Gasteiger partial charge >= 0.3 is 8.56 Å². The highest BCUT2D eigenvalue weighted by molar-refractivity contribution is 6.66. The van der Waals surface area contributed by atoms with Gasteiger partial charge in [-0.05, 0) is 13.0 Å². The third-order valence-corrected chi connectivity index (χ3v) is 5.01. The lowest BCUT2D eigenvalue weighted by Gasteiger charge is -2.25. The maximum absolute atomic E-state index is 5.78. The molecule has 0 fully saturated rings. The Kier molecular flexibility index (Phi) is 4.91. The van der Waals surface area contributed by atoms with E-state index in [-0.39, 0.29) is 6.04 Å². The summed E-state index contributed by atoms with van der Waals surface area (Å²) in [7, 11) is 1.48. The van der Waals surface area contributed by atoms with Gasteiger partial charge in [-0.2, -0.15) is 0 Å². The molecule has 0 rings (SSSR count). The Balaban J connectivity index is 3.86. The van der Waals surface area contributed by atoms with Crippen LogP contribution in [0.4, 0.5) is 0 Å². The van der Waals surface area contributed by atoms with Gasteiger partial charge in [0.1, 0.15) is 0 Å². The topological polar surface area (TPSA) is 44.5 Å². The lowest BCUT2D eigenvalue weighted by Crippen LogP contribution is -2.42. The number of hydrogen-bond donors (Lipinski definition) is 1. The van der Waals surface area contributed by atoms with Crippen molar-refractivity contribution in [1.82, 2.24) is 0 Å². The molecular weight excluding hydrogens is 158 g/mol. The van der Waals surface area contributed by atoms with Crippen LogP contribution in [0.5, 0.6) is 0 Å². The molecule has 1 atom stereocenters. The van der Waals surface area contributed by atoms with E-state index in [4.69, 9.17) is 14.6 Å². The summed E-state index contributed by atoms with van der Waals surface area (Å²) in [6.07, 6.45) is 0.981. The molecule has 2 N–H and O–H groups in total. The van der Waals surface area contributed by atoms with Gasteiger partial charge in [0.2, 0.25) is 0 Å². The zero-order chi connectivity index (χ0) is 8.91. The minimum Gasteiger partial charge on any atom is -0.398 e. The van der Waals surface area contributed by atoms with Gasteiger partial charge < -0.3 is 14.6 Å². The second-order valence-electron chi connectivity index (χ2n) is 2.91. The lowest BCUT2D eigenvalue weighted by atomic mass is 10.3. The van der Waals surface area contributed by atoms with Crippen LogP contribution in [0.15, 0.2) is 0 Å². The average Bonchev–Trinajstić information content (AvgIpc) is 2.04. The summed E-state index contributed by atoms with van der Waals surface area (Å²) >= 11 is 0. The number of hydrogen-bond acceptors (Lipinski definition) is 3. The third kappa shape index (κ3) is 3.86. The van der Waals surface area contributed by atoms with Crippen LogP contribution in [-0.4, -0.2) is 28.8 Å². The number of rotatable bonds is 5. The van der Waals surface area contributed by atoms with Gasteiger partial charge in [-0.15, -0.1) is 0 Å². The molecule has 11 heavy (non-hydrogen) atoms. The van der Waals surface area contributed by atoms with Crippen LogP contribution in [0.3, 0.4) is 0 Å². The van der Waals surface area contributed by atoms with Gasteiger partial charge in [-0.3, -0.25) is 0 Å². The molecule has 0 aromatic carbocycles. The summed E-state index contributed by atoms with van der Waals surface area (Å²) in [6, 6.07) is 1.09. The monoisotopic (exact) mass is 177 g/mol. The van der Waals surface area contributed by atoms with E-state index in [1.807, 2.05) is 6.55 Å².